The van der Waals surface area contributed by atoms with Crippen molar-refractivity contribution >= 4 is 5.97 Å². The Morgan fingerprint density at radius 3 is 2.87 bits per heavy atom. The van der Waals surface area contributed by atoms with Crippen molar-refractivity contribution in [2.45, 2.75) is 19.3 Å². The first kappa shape index (κ1) is 14.4. The number of allylic oxidation sites excluding steroid dienone is 1. The Hall–Kier alpha value is -0.570. The molecular formula is C12H15NaO2. The van der Waals surface area contributed by atoms with Gasteiger partial charge in [-0.2, -0.15) is 0 Å². The van der Waals surface area contributed by atoms with Gasteiger partial charge in [0.1, 0.15) is 0 Å². The van der Waals surface area contributed by atoms with Crippen molar-refractivity contribution in [3.8, 4) is 0 Å². The first-order chi connectivity index (χ1) is 6.74. The number of hydrogen-bond donors (Lipinski definition) is 1. The Balaban J connectivity index is 0. The van der Waals surface area contributed by atoms with Crippen LogP contribution in [0.25, 0.3) is 0 Å². The van der Waals surface area contributed by atoms with Crippen molar-refractivity contribution in [1.82, 2.24) is 0 Å². The molecule has 0 aromatic heterocycles. The molecule has 15 heavy (non-hydrogen) atoms. The number of aryl methyl sites for hydroxylation is 1. The van der Waals surface area contributed by atoms with Crippen molar-refractivity contribution in [2.75, 3.05) is 0 Å². The molecule has 0 saturated carbocycles. The Morgan fingerprint density at radius 1 is 1.53 bits per heavy atom. The standard InChI is InChI=1S/C12H14O2.Na.H/c1-2-3-4-6-10-7-5-8-11(9-10)12(13)14;;/h2,5,7-9H,1,3-4,6H2,(H,13,14);;/q;+1;-1. The fourth-order valence-corrected chi connectivity index (χ4v) is 1.31. The molecule has 0 bridgehead atoms. The van der Waals surface area contributed by atoms with Gasteiger partial charge < -0.3 is 6.53 Å². The maximum atomic E-state index is 10.7. The molecule has 0 spiro atoms. The molecule has 0 atom stereocenters. The molecule has 0 unspecified atom stereocenters. The maximum absolute atomic E-state index is 10.7. The monoisotopic (exact) mass is 214 g/mol. The van der Waals surface area contributed by atoms with Gasteiger partial charge >= 0.3 is 35.5 Å². The van der Waals surface area contributed by atoms with Crippen molar-refractivity contribution in [3.63, 3.8) is 0 Å². The van der Waals surface area contributed by atoms with Gasteiger partial charge in [0, 0.05) is 0 Å². The number of carbonyl (C=O) groups is 1. The number of aromatic carboxylic acids is 1. The summed E-state index contributed by atoms with van der Waals surface area (Å²) in [6.07, 6.45) is 4.78. The van der Waals surface area contributed by atoms with Crippen molar-refractivity contribution in [2.24, 2.45) is 0 Å². The van der Waals surface area contributed by atoms with E-state index in [9.17, 15) is 4.79 Å². The zero-order valence-corrected chi connectivity index (χ0v) is 11.1. The number of benzene rings is 1. The average Bonchev–Trinajstić information content (AvgIpc) is 2.19. The fraction of sp³-hybridized carbons (Fsp3) is 0.250. The minimum absolute atomic E-state index is 0. The van der Waals surface area contributed by atoms with Gasteiger partial charge in [-0.1, -0.05) is 18.2 Å². The van der Waals surface area contributed by atoms with Crippen LogP contribution in [0.5, 0.6) is 0 Å². The minimum atomic E-state index is -0.865. The third-order valence-electron chi connectivity index (χ3n) is 2.05. The Labute approximate surface area is 114 Å². The largest absolute Gasteiger partial charge is 1.00 e. The predicted octanol–water partition coefficient (Wildman–Crippen LogP) is 0.01000. The van der Waals surface area contributed by atoms with Gasteiger partial charge in [0.25, 0.3) is 0 Å². The Kier molecular flexibility index (Phi) is 7.39. The van der Waals surface area contributed by atoms with E-state index in [0.717, 1.165) is 24.8 Å². The summed E-state index contributed by atoms with van der Waals surface area (Å²) >= 11 is 0. The molecular weight excluding hydrogens is 199 g/mol. The van der Waals surface area contributed by atoms with E-state index in [4.69, 9.17) is 5.11 Å². The fourth-order valence-electron chi connectivity index (χ4n) is 1.31. The van der Waals surface area contributed by atoms with Crippen LogP contribution in [0.3, 0.4) is 0 Å². The molecule has 0 fully saturated rings. The van der Waals surface area contributed by atoms with E-state index in [2.05, 4.69) is 6.58 Å². The van der Waals surface area contributed by atoms with E-state index < -0.39 is 5.97 Å². The topological polar surface area (TPSA) is 37.3 Å². The molecule has 1 N–H and O–H groups in total. The van der Waals surface area contributed by atoms with E-state index in [0.29, 0.717) is 5.56 Å². The van der Waals surface area contributed by atoms with Crippen molar-refractivity contribution in [1.29, 1.82) is 0 Å². The molecule has 3 heteroatoms. The summed E-state index contributed by atoms with van der Waals surface area (Å²) in [5.74, 6) is -0.865. The number of carboxylic acids is 1. The second-order valence-corrected chi connectivity index (χ2v) is 3.19. The first-order valence-corrected chi connectivity index (χ1v) is 4.67. The second kappa shape index (κ2) is 7.69. The summed E-state index contributed by atoms with van der Waals surface area (Å²) < 4.78 is 0. The molecule has 0 aliphatic heterocycles. The van der Waals surface area contributed by atoms with Crippen LogP contribution in [0.2, 0.25) is 0 Å². The van der Waals surface area contributed by atoms with Crippen LogP contribution in [0, 0.1) is 0 Å². The van der Waals surface area contributed by atoms with Gasteiger partial charge in [-0.15, -0.1) is 6.58 Å². The average molecular weight is 214 g/mol. The predicted molar refractivity (Wildman–Crippen MR) is 57.6 cm³/mol. The van der Waals surface area contributed by atoms with Crippen LogP contribution in [0.1, 0.15) is 30.2 Å². The van der Waals surface area contributed by atoms with Gasteiger partial charge in [-0.3, -0.25) is 0 Å². The molecule has 0 amide bonds. The SMILES string of the molecule is C=CCCCc1cccc(C(=O)O)c1.[H-].[Na+]. The normalized spacial score (nSPS) is 9.07. The summed E-state index contributed by atoms with van der Waals surface area (Å²) in [6, 6.07) is 7.08. The van der Waals surface area contributed by atoms with Crippen LogP contribution in [-0.4, -0.2) is 11.1 Å². The van der Waals surface area contributed by atoms with Crippen molar-refractivity contribution < 1.29 is 40.9 Å². The number of rotatable bonds is 5. The van der Waals surface area contributed by atoms with Crippen LogP contribution in [-0.2, 0) is 6.42 Å². The summed E-state index contributed by atoms with van der Waals surface area (Å²) in [5, 5.41) is 8.76. The zero-order chi connectivity index (χ0) is 10.4. The maximum Gasteiger partial charge on any atom is 1.00 e. The van der Waals surface area contributed by atoms with Crippen LogP contribution < -0.4 is 29.6 Å². The first-order valence-electron chi connectivity index (χ1n) is 4.67. The summed E-state index contributed by atoms with van der Waals surface area (Å²) in [4.78, 5) is 10.7. The number of carboxylic acid groups (broad SMARTS) is 1. The van der Waals surface area contributed by atoms with Gasteiger partial charge in [-0.25, -0.2) is 4.79 Å². The minimum Gasteiger partial charge on any atom is -1.00 e. The molecule has 0 heterocycles. The van der Waals surface area contributed by atoms with Gasteiger partial charge in [0.15, 0.2) is 0 Å². The zero-order valence-electron chi connectivity index (χ0n) is 10.1. The summed E-state index contributed by atoms with van der Waals surface area (Å²) in [7, 11) is 0. The van der Waals surface area contributed by atoms with E-state index in [1.54, 1.807) is 18.2 Å². The smallest absolute Gasteiger partial charge is 1.00 e. The molecule has 0 radical (unpaired) electrons. The van der Waals surface area contributed by atoms with E-state index >= 15 is 0 Å². The molecule has 0 aliphatic rings. The number of hydrogen-bond acceptors (Lipinski definition) is 1. The third kappa shape index (κ3) is 5.17. The van der Waals surface area contributed by atoms with Crippen LogP contribution in [0.15, 0.2) is 36.9 Å². The number of unbranched alkanes of at least 4 members (excludes halogenated alkanes) is 1. The van der Waals surface area contributed by atoms with Crippen LogP contribution in [0.4, 0.5) is 0 Å². The molecule has 0 saturated heterocycles. The van der Waals surface area contributed by atoms with E-state index in [-0.39, 0.29) is 31.0 Å². The van der Waals surface area contributed by atoms with Gasteiger partial charge in [0.2, 0.25) is 0 Å². The van der Waals surface area contributed by atoms with E-state index in [1.807, 2.05) is 12.1 Å². The molecule has 1 aromatic rings. The molecule has 0 aliphatic carbocycles. The second-order valence-electron chi connectivity index (χ2n) is 3.19. The Morgan fingerprint density at radius 2 is 2.27 bits per heavy atom. The summed E-state index contributed by atoms with van der Waals surface area (Å²) in [6.45, 7) is 3.64. The molecule has 2 nitrogen and oxygen atoms in total. The van der Waals surface area contributed by atoms with Gasteiger partial charge in [0.05, 0.1) is 5.56 Å². The quantitative estimate of drug-likeness (QED) is 0.426. The molecule has 1 aromatic carbocycles. The molecule has 1 rings (SSSR count). The third-order valence-corrected chi connectivity index (χ3v) is 2.05. The van der Waals surface area contributed by atoms with Crippen LogP contribution >= 0.6 is 0 Å². The summed E-state index contributed by atoms with van der Waals surface area (Å²) in [5.41, 5.74) is 1.44. The van der Waals surface area contributed by atoms with Crippen molar-refractivity contribution in [3.05, 3.63) is 48.0 Å². The van der Waals surface area contributed by atoms with Gasteiger partial charge in [-0.05, 0) is 37.0 Å². The van der Waals surface area contributed by atoms with E-state index in [1.165, 1.54) is 0 Å². The Bertz CT molecular complexity index is 340. The molecule has 76 valence electrons.